The largest absolute Gasteiger partial charge is 0.307 e. The Morgan fingerprint density at radius 3 is 3.07 bits per heavy atom. The van der Waals surface area contributed by atoms with Crippen molar-refractivity contribution in [3.8, 4) is 0 Å². The second kappa shape index (κ2) is 6.75. The molecule has 0 fully saturated rings. The normalized spacial score (nSPS) is 13.0. The van der Waals surface area contributed by atoms with Crippen LogP contribution in [0.15, 0.2) is 42.7 Å². The first-order valence-corrected chi connectivity index (χ1v) is 9.69. The first-order chi connectivity index (χ1) is 13.7. The van der Waals surface area contributed by atoms with Crippen molar-refractivity contribution < 1.29 is 9.18 Å². The van der Waals surface area contributed by atoms with Crippen molar-refractivity contribution in [2.24, 2.45) is 0 Å². The summed E-state index contributed by atoms with van der Waals surface area (Å²) in [6.45, 7) is 1.02. The molecule has 28 heavy (non-hydrogen) atoms. The minimum Gasteiger partial charge on any atom is -0.307 e. The second-order valence-corrected chi connectivity index (χ2v) is 7.57. The van der Waals surface area contributed by atoms with E-state index in [9.17, 15) is 9.18 Å². The highest BCUT2D eigenvalue weighted by Gasteiger charge is 2.29. The van der Waals surface area contributed by atoms with E-state index in [1.54, 1.807) is 23.4 Å². The lowest BCUT2D eigenvalue weighted by Crippen LogP contribution is -2.32. The molecule has 1 aliphatic heterocycles. The van der Waals surface area contributed by atoms with Crippen LogP contribution in [0.25, 0.3) is 10.2 Å². The van der Waals surface area contributed by atoms with Gasteiger partial charge in [-0.2, -0.15) is 0 Å². The summed E-state index contributed by atoms with van der Waals surface area (Å²) in [5.74, 6) is 0.532. The number of hydrogen-bond donors (Lipinski definition) is 0. The van der Waals surface area contributed by atoms with Crippen LogP contribution in [0.5, 0.6) is 0 Å². The Bertz CT molecular complexity index is 1170. The summed E-state index contributed by atoms with van der Waals surface area (Å²) in [6, 6.07) is 8.13. The number of thiazole rings is 1. The van der Waals surface area contributed by atoms with Crippen molar-refractivity contribution in [1.82, 2.24) is 24.7 Å². The van der Waals surface area contributed by atoms with E-state index in [0.29, 0.717) is 21.2 Å². The number of aromatic nitrogens is 5. The fourth-order valence-electron chi connectivity index (χ4n) is 3.33. The Balaban J connectivity index is 1.58. The highest BCUT2D eigenvalue weighted by Crippen LogP contribution is 2.31. The van der Waals surface area contributed by atoms with Crippen LogP contribution in [0.2, 0.25) is 0 Å². The van der Waals surface area contributed by atoms with Crippen molar-refractivity contribution in [3.05, 3.63) is 65.8 Å². The van der Waals surface area contributed by atoms with Crippen molar-refractivity contribution in [2.75, 3.05) is 4.90 Å². The predicted molar refractivity (Wildman–Crippen MR) is 103 cm³/mol. The number of carbonyl (C=O) groups excluding carboxylic acids is 1. The van der Waals surface area contributed by atoms with Crippen LogP contribution < -0.4 is 4.90 Å². The van der Waals surface area contributed by atoms with Crippen LogP contribution in [0.4, 0.5) is 9.52 Å². The molecule has 0 aliphatic carbocycles. The van der Waals surface area contributed by atoms with Crippen LogP contribution in [-0.2, 0) is 19.5 Å². The molecular formula is C19H15FN6OS. The molecule has 1 aliphatic rings. The first-order valence-electron chi connectivity index (χ1n) is 8.88. The van der Waals surface area contributed by atoms with E-state index < -0.39 is 0 Å². The van der Waals surface area contributed by atoms with Gasteiger partial charge in [0.2, 0.25) is 5.82 Å². The van der Waals surface area contributed by atoms with Gasteiger partial charge >= 0.3 is 0 Å². The van der Waals surface area contributed by atoms with Crippen molar-refractivity contribution in [3.63, 3.8) is 0 Å². The molecule has 1 aromatic carbocycles. The van der Waals surface area contributed by atoms with Crippen LogP contribution in [0.3, 0.4) is 0 Å². The van der Waals surface area contributed by atoms with Gasteiger partial charge in [-0.15, -0.1) is 10.2 Å². The molecule has 4 aromatic rings. The quantitative estimate of drug-likeness (QED) is 0.531. The molecule has 0 saturated carbocycles. The van der Waals surface area contributed by atoms with Gasteiger partial charge in [-0.1, -0.05) is 17.4 Å². The Labute approximate surface area is 163 Å². The highest BCUT2D eigenvalue weighted by molar-refractivity contribution is 7.22. The maximum absolute atomic E-state index is 13.6. The van der Waals surface area contributed by atoms with Crippen molar-refractivity contribution in [1.29, 1.82) is 0 Å². The summed E-state index contributed by atoms with van der Waals surface area (Å²) < 4.78 is 16.1. The SMILES string of the molecule is O=C(c1nnc2n1CCC2)N(Cc1cccnc1)c1nc2ccc(F)cc2s1. The Morgan fingerprint density at radius 1 is 1.29 bits per heavy atom. The molecule has 5 rings (SSSR count). The third-order valence-electron chi connectivity index (χ3n) is 4.68. The number of aryl methyl sites for hydroxylation is 1. The summed E-state index contributed by atoms with van der Waals surface area (Å²) in [5.41, 5.74) is 1.51. The fourth-order valence-corrected chi connectivity index (χ4v) is 4.32. The van der Waals surface area contributed by atoms with Crippen molar-refractivity contribution in [2.45, 2.75) is 25.9 Å². The number of nitrogens with zero attached hydrogens (tertiary/aromatic N) is 6. The summed E-state index contributed by atoms with van der Waals surface area (Å²) in [7, 11) is 0. The number of fused-ring (bicyclic) bond motifs is 2. The standard InChI is InChI=1S/C19H15FN6OS/c20-13-5-6-14-15(9-13)28-19(22-14)26(11-12-3-1-7-21-10-12)18(27)17-24-23-16-4-2-8-25(16)17/h1,3,5-7,9-10H,2,4,8,11H2. The molecule has 0 atom stereocenters. The van der Waals surface area contributed by atoms with E-state index >= 15 is 0 Å². The predicted octanol–water partition coefficient (Wildman–Crippen LogP) is 3.22. The monoisotopic (exact) mass is 394 g/mol. The van der Waals surface area contributed by atoms with E-state index in [2.05, 4.69) is 20.2 Å². The van der Waals surface area contributed by atoms with Gasteiger partial charge in [-0.3, -0.25) is 14.7 Å². The molecule has 9 heteroatoms. The maximum Gasteiger partial charge on any atom is 0.298 e. The van der Waals surface area contributed by atoms with Crippen LogP contribution in [0.1, 0.15) is 28.4 Å². The number of hydrogen-bond acceptors (Lipinski definition) is 6. The molecule has 140 valence electrons. The lowest BCUT2D eigenvalue weighted by molar-refractivity contribution is 0.0970. The Kier molecular flexibility index (Phi) is 4.09. The van der Waals surface area contributed by atoms with E-state index in [1.807, 2.05) is 16.7 Å². The van der Waals surface area contributed by atoms with Gasteiger partial charge in [0, 0.05) is 25.4 Å². The number of halogens is 1. The number of benzene rings is 1. The number of amides is 1. The zero-order valence-electron chi connectivity index (χ0n) is 14.7. The van der Waals surface area contributed by atoms with E-state index in [-0.39, 0.29) is 18.3 Å². The third kappa shape index (κ3) is 2.93. The molecule has 1 amide bonds. The average molecular weight is 394 g/mol. The second-order valence-electron chi connectivity index (χ2n) is 6.56. The smallest absolute Gasteiger partial charge is 0.298 e. The van der Waals surface area contributed by atoms with Gasteiger partial charge in [0.05, 0.1) is 16.8 Å². The number of rotatable bonds is 4. The minimum atomic E-state index is -0.330. The highest BCUT2D eigenvalue weighted by atomic mass is 32.1. The molecule has 0 N–H and O–H groups in total. The fraction of sp³-hybridized carbons (Fsp3) is 0.211. The topological polar surface area (TPSA) is 76.8 Å². The van der Waals surface area contributed by atoms with Gasteiger partial charge in [0.15, 0.2) is 5.13 Å². The minimum absolute atomic E-state index is 0.274. The molecule has 0 radical (unpaired) electrons. The molecule has 3 aromatic heterocycles. The zero-order valence-corrected chi connectivity index (χ0v) is 15.6. The molecule has 4 heterocycles. The number of pyridine rings is 1. The molecular weight excluding hydrogens is 379 g/mol. The average Bonchev–Trinajstić information content (AvgIpc) is 3.41. The van der Waals surface area contributed by atoms with Gasteiger partial charge in [-0.05, 0) is 36.2 Å². The molecule has 0 bridgehead atoms. The number of anilines is 1. The summed E-state index contributed by atoms with van der Waals surface area (Å²) in [5, 5.41) is 8.75. The number of carbonyl (C=O) groups is 1. The molecule has 0 saturated heterocycles. The zero-order chi connectivity index (χ0) is 19.1. The van der Waals surface area contributed by atoms with E-state index in [4.69, 9.17) is 0 Å². The third-order valence-corrected chi connectivity index (χ3v) is 5.72. The summed E-state index contributed by atoms with van der Waals surface area (Å²) >= 11 is 1.27. The Hall–Kier alpha value is -3.20. The van der Waals surface area contributed by atoms with Crippen LogP contribution in [0, 0.1) is 5.82 Å². The molecule has 0 unspecified atom stereocenters. The van der Waals surface area contributed by atoms with Crippen molar-refractivity contribution >= 4 is 32.6 Å². The van der Waals surface area contributed by atoms with Gasteiger partial charge in [-0.25, -0.2) is 9.37 Å². The lowest BCUT2D eigenvalue weighted by Gasteiger charge is -2.19. The lowest BCUT2D eigenvalue weighted by atomic mass is 10.2. The van der Waals surface area contributed by atoms with E-state index in [1.165, 1.54) is 23.5 Å². The summed E-state index contributed by atoms with van der Waals surface area (Å²) in [6.07, 6.45) is 5.17. The van der Waals surface area contributed by atoms with E-state index in [0.717, 1.165) is 30.8 Å². The molecule has 7 nitrogen and oxygen atoms in total. The van der Waals surface area contributed by atoms with Gasteiger partial charge in [0.25, 0.3) is 5.91 Å². The Morgan fingerprint density at radius 2 is 2.21 bits per heavy atom. The maximum atomic E-state index is 13.6. The van der Waals surface area contributed by atoms with Gasteiger partial charge < -0.3 is 4.57 Å². The van der Waals surface area contributed by atoms with Gasteiger partial charge in [0.1, 0.15) is 11.6 Å². The first kappa shape index (κ1) is 16.9. The summed E-state index contributed by atoms with van der Waals surface area (Å²) in [4.78, 5) is 23.6. The van der Waals surface area contributed by atoms with Crippen LogP contribution >= 0.6 is 11.3 Å². The van der Waals surface area contributed by atoms with Crippen LogP contribution in [-0.4, -0.2) is 30.6 Å². The molecule has 0 spiro atoms.